The van der Waals surface area contributed by atoms with Gasteiger partial charge in [0, 0.05) is 18.3 Å². The molecule has 0 spiro atoms. The molecule has 0 radical (unpaired) electrons. The van der Waals surface area contributed by atoms with Crippen LogP contribution in [0.25, 0.3) is 0 Å². The molecule has 0 amide bonds. The average molecular weight is 181 g/mol. The van der Waals surface area contributed by atoms with Crippen LogP contribution in [0.4, 0.5) is 0 Å². The molecule has 13 heavy (non-hydrogen) atoms. The number of phenolic OH excluding ortho intramolecular Hbond substituents is 1. The fourth-order valence-electron chi connectivity index (χ4n) is 1.05. The standard InChI is InChI=1S/C9H11NO3/c1-7(10(12)13)6-8-2-4-9(11)5-3-8/h2-5,7,11H,6H2,1H3. The van der Waals surface area contributed by atoms with Crippen molar-refractivity contribution in [3.63, 3.8) is 0 Å². The van der Waals surface area contributed by atoms with E-state index in [2.05, 4.69) is 0 Å². The summed E-state index contributed by atoms with van der Waals surface area (Å²) in [4.78, 5) is 10.0. The van der Waals surface area contributed by atoms with Crippen LogP contribution in [0, 0.1) is 10.1 Å². The van der Waals surface area contributed by atoms with Crippen LogP contribution in [0.15, 0.2) is 24.3 Å². The highest BCUT2D eigenvalue weighted by Crippen LogP contribution is 2.11. The summed E-state index contributed by atoms with van der Waals surface area (Å²) in [5, 5.41) is 19.3. The predicted molar refractivity (Wildman–Crippen MR) is 48.3 cm³/mol. The van der Waals surface area contributed by atoms with Gasteiger partial charge in [-0.2, -0.15) is 0 Å². The second-order valence-electron chi connectivity index (χ2n) is 3.00. The van der Waals surface area contributed by atoms with Gasteiger partial charge in [0.1, 0.15) is 5.75 Å². The number of phenols is 1. The minimum atomic E-state index is -0.579. The number of nitrogens with zero attached hydrogens (tertiary/aromatic N) is 1. The molecule has 4 nitrogen and oxygen atoms in total. The summed E-state index contributed by atoms with van der Waals surface area (Å²) in [6.45, 7) is 1.56. The number of hydrogen-bond acceptors (Lipinski definition) is 3. The van der Waals surface area contributed by atoms with E-state index in [0.29, 0.717) is 6.42 Å². The van der Waals surface area contributed by atoms with E-state index in [0.717, 1.165) is 5.56 Å². The summed E-state index contributed by atoms with van der Waals surface area (Å²) in [5.74, 6) is 0.178. The Morgan fingerprint density at radius 3 is 2.46 bits per heavy atom. The van der Waals surface area contributed by atoms with Crippen LogP contribution >= 0.6 is 0 Å². The Hall–Kier alpha value is -1.58. The van der Waals surface area contributed by atoms with Crippen molar-refractivity contribution in [1.29, 1.82) is 0 Å². The summed E-state index contributed by atoms with van der Waals surface area (Å²) in [5.41, 5.74) is 0.863. The Morgan fingerprint density at radius 2 is 2.00 bits per heavy atom. The molecule has 1 aromatic carbocycles. The molecule has 0 aromatic heterocycles. The van der Waals surface area contributed by atoms with Gasteiger partial charge in [0.05, 0.1) is 0 Å². The molecule has 0 aliphatic rings. The molecule has 0 aliphatic carbocycles. The number of hydrogen-bond donors (Lipinski definition) is 1. The van der Waals surface area contributed by atoms with Crippen molar-refractivity contribution in [2.75, 3.05) is 0 Å². The lowest BCUT2D eigenvalue weighted by molar-refractivity contribution is -0.517. The molecule has 0 fully saturated rings. The molecule has 0 saturated heterocycles. The van der Waals surface area contributed by atoms with Crippen molar-refractivity contribution < 1.29 is 10.0 Å². The Balaban J connectivity index is 2.64. The van der Waals surface area contributed by atoms with E-state index in [1.807, 2.05) is 0 Å². The third-order valence-corrected chi connectivity index (χ3v) is 1.83. The second-order valence-corrected chi connectivity index (χ2v) is 3.00. The molecule has 0 saturated carbocycles. The maximum atomic E-state index is 10.3. The van der Waals surface area contributed by atoms with E-state index in [9.17, 15) is 10.1 Å². The Kier molecular flexibility index (Phi) is 2.84. The van der Waals surface area contributed by atoms with Gasteiger partial charge in [-0.05, 0) is 17.7 Å². The zero-order chi connectivity index (χ0) is 9.84. The maximum Gasteiger partial charge on any atom is 0.214 e. The highest BCUT2D eigenvalue weighted by atomic mass is 16.6. The molecule has 1 atom stereocenters. The SMILES string of the molecule is CC(Cc1ccc(O)cc1)[N+](=O)[O-]. The number of aromatic hydroxyl groups is 1. The Morgan fingerprint density at radius 1 is 1.46 bits per heavy atom. The third-order valence-electron chi connectivity index (χ3n) is 1.83. The lowest BCUT2D eigenvalue weighted by Gasteiger charge is -2.03. The zero-order valence-corrected chi connectivity index (χ0v) is 7.30. The number of benzene rings is 1. The second kappa shape index (κ2) is 3.89. The van der Waals surface area contributed by atoms with Gasteiger partial charge in [-0.1, -0.05) is 12.1 Å². The molecule has 1 N–H and O–H groups in total. The van der Waals surface area contributed by atoms with E-state index in [4.69, 9.17) is 5.11 Å². The first-order valence-corrected chi connectivity index (χ1v) is 4.01. The third kappa shape index (κ3) is 2.74. The van der Waals surface area contributed by atoms with Crippen LogP contribution in [0.3, 0.4) is 0 Å². The Labute approximate surface area is 76.0 Å². The summed E-state index contributed by atoms with van der Waals surface area (Å²) in [6, 6.07) is 5.86. The van der Waals surface area contributed by atoms with Gasteiger partial charge in [0.15, 0.2) is 0 Å². The minimum absolute atomic E-state index is 0.178. The first kappa shape index (κ1) is 9.51. The quantitative estimate of drug-likeness (QED) is 0.569. The predicted octanol–water partition coefficient (Wildman–Crippen LogP) is 1.60. The first-order chi connectivity index (χ1) is 6.09. The fourth-order valence-corrected chi connectivity index (χ4v) is 1.05. The molecule has 1 aromatic rings. The van der Waals surface area contributed by atoms with Crippen LogP contribution in [-0.2, 0) is 6.42 Å². The summed E-state index contributed by atoms with van der Waals surface area (Å²) in [7, 11) is 0. The van der Waals surface area contributed by atoms with E-state index >= 15 is 0 Å². The topological polar surface area (TPSA) is 63.4 Å². The lowest BCUT2D eigenvalue weighted by Crippen LogP contribution is -2.17. The molecule has 0 heterocycles. The molecular weight excluding hydrogens is 170 g/mol. The zero-order valence-electron chi connectivity index (χ0n) is 7.30. The maximum absolute atomic E-state index is 10.3. The van der Waals surface area contributed by atoms with Crippen molar-refractivity contribution in [2.24, 2.45) is 0 Å². The molecule has 70 valence electrons. The van der Waals surface area contributed by atoms with Crippen molar-refractivity contribution in [3.05, 3.63) is 39.9 Å². The van der Waals surface area contributed by atoms with Crippen molar-refractivity contribution in [1.82, 2.24) is 0 Å². The summed E-state index contributed by atoms with van der Waals surface area (Å²) < 4.78 is 0. The Bertz CT molecular complexity index is 294. The highest BCUT2D eigenvalue weighted by Gasteiger charge is 2.12. The van der Waals surface area contributed by atoms with Gasteiger partial charge in [-0.3, -0.25) is 10.1 Å². The summed E-state index contributed by atoms with van der Waals surface area (Å²) >= 11 is 0. The molecule has 1 rings (SSSR count). The van der Waals surface area contributed by atoms with Gasteiger partial charge < -0.3 is 5.11 Å². The van der Waals surface area contributed by atoms with Gasteiger partial charge in [-0.15, -0.1) is 0 Å². The van der Waals surface area contributed by atoms with Crippen molar-refractivity contribution in [2.45, 2.75) is 19.4 Å². The molecule has 0 bridgehead atoms. The van der Waals surface area contributed by atoms with Crippen LogP contribution in [0.1, 0.15) is 12.5 Å². The highest BCUT2D eigenvalue weighted by molar-refractivity contribution is 5.26. The van der Waals surface area contributed by atoms with Gasteiger partial charge >= 0.3 is 0 Å². The van der Waals surface area contributed by atoms with Crippen molar-refractivity contribution >= 4 is 0 Å². The molecule has 0 aliphatic heterocycles. The van der Waals surface area contributed by atoms with Gasteiger partial charge in [0.2, 0.25) is 6.04 Å². The minimum Gasteiger partial charge on any atom is -0.508 e. The first-order valence-electron chi connectivity index (χ1n) is 4.01. The molecular formula is C9H11NO3. The fraction of sp³-hybridized carbons (Fsp3) is 0.333. The van der Waals surface area contributed by atoms with Crippen LogP contribution < -0.4 is 0 Å². The summed E-state index contributed by atoms with van der Waals surface area (Å²) in [6.07, 6.45) is 0.396. The number of nitro groups is 1. The van der Waals surface area contributed by atoms with E-state index in [-0.39, 0.29) is 10.7 Å². The van der Waals surface area contributed by atoms with Gasteiger partial charge in [0.25, 0.3) is 0 Å². The number of rotatable bonds is 3. The van der Waals surface area contributed by atoms with Crippen molar-refractivity contribution in [3.8, 4) is 5.75 Å². The van der Waals surface area contributed by atoms with Crippen LogP contribution in [0.5, 0.6) is 5.75 Å². The molecule has 1 unspecified atom stereocenters. The normalized spacial score (nSPS) is 12.4. The van der Waals surface area contributed by atoms with Crippen LogP contribution in [-0.4, -0.2) is 16.1 Å². The monoisotopic (exact) mass is 181 g/mol. The average Bonchev–Trinajstić information content (AvgIpc) is 2.08. The smallest absolute Gasteiger partial charge is 0.214 e. The van der Waals surface area contributed by atoms with Crippen LogP contribution in [0.2, 0.25) is 0 Å². The van der Waals surface area contributed by atoms with E-state index < -0.39 is 6.04 Å². The van der Waals surface area contributed by atoms with E-state index in [1.54, 1.807) is 19.1 Å². The molecule has 4 heteroatoms. The lowest BCUT2D eigenvalue weighted by atomic mass is 10.1. The van der Waals surface area contributed by atoms with Gasteiger partial charge in [-0.25, -0.2) is 0 Å². The van der Waals surface area contributed by atoms with E-state index in [1.165, 1.54) is 12.1 Å². The largest absolute Gasteiger partial charge is 0.508 e.